The van der Waals surface area contributed by atoms with Gasteiger partial charge in [-0.25, -0.2) is 33.4 Å². The van der Waals surface area contributed by atoms with E-state index in [0.29, 0.717) is 48.0 Å². The summed E-state index contributed by atoms with van der Waals surface area (Å²) in [5.41, 5.74) is 2.00. The van der Waals surface area contributed by atoms with Gasteiger partial charge in [-0.05, 0) is 13.3 Å². The molecule has 5 heterocycles. The standard InChI is InChI=1S/C19H19F5N8/c1-11-15(29-16-13(28-11)6-27-32(16)7-14(20)21)30-3-2-18(8-30)9-31(10-18)12-4-25-17(26-5-12)19(22,23)24/h4-6,14H,2-3,7-10H2,1H3. The molecule has 170 valence electrons. The van der Waals surface area contributed by atoms with Crippen molar-refractivity contribution in [2.45, 2.75) is 32.5 Å². The van der Waals surface area contributed by atoms with Crippen molar-refractivity contribution >= 4 is 22.7 Å². The van der Waals surface area contributed by atoms with Crippen molar-refractivity contribution in [3.63, 3.8) is 0 Å². The number of aromatic nitrogens is 6. The molecule has 2 aliphatic rings. The van der Waals surface area contributed by atoms with Gasteiger partial charge >= 0.3 is 6.18 Å². The molecule has 0 unspecified atom stereocenters. The number of rotatable bonds is 4. The molecule has 2 saturated heterocycles. The number of hydrogen-bond acceptors (Lipinski definition) is 7. The zero-order valence-corrected chi connectivity index (χ0v) is 17.0. The largest absolute Gasteiger partial charge is 0.451 e. The van der Waals surface area contributed by atoms with Crippen molar-refractivity contribution in [2.75, 3.05) is 36.0 Å². The fraction of sp³-hybridized carbons (Fsp3) is 0.526. The van der Waals surface area contributed by atoms with Crippen molar-refractivity contribution in [3.05, 3.63) is 30.1 Å². The van der Waals surface area contributed by atoms with Gasteiger partial charge < -0.3 is 9.80 Å². The molecule has 3 aromatic heterocycles. The van der Waals surface area contributed by atoms with Crippen LogP contribution in [0.15, 0.2) is 18.6 Å². The molecule has 2 fully saturated rings. The SMILES string of the molecule is Cc1nc2cnn(CC(F)F)c2nc1N1CCC2(CN(c3cnc(C(F)(F)F)nc3)C2)C1. The van der Waals surface area contributed by atoms with Crippen molar-refractivity contribution in [3.8, 4) is 0 Å². The minimum atomic E-state index is -4.56. The van der Waals surface area contributed by atoms with Crippen LogP contribution >= 0.6 is 0 Å². The van der Waals surface area contributed by atoms with Crippen molar-refractivity contribution in [1.29, 1.82) is 0 Å². The van der Waals surface area contributed by atoms with Gasteiger partial charge in [0.15, 0.2) is 11.5 Å². The molecule has 1 spiro atoms. The van der Waals surface area contributed by atoms with E-state index in [9.17, 15) is 22.0 Å². The maximum Gasteiger partial charge on any atom is 0.451 e. The van der Waals surface area contributed by atoms with Crippen LogP contribution in [-0.4, -0.2) is 62.3 Å². The number of aryl methyl sites for hydroxylation is 1. The summed E-state index contributed by atoms with van der Waals surface area (Å²) < 4.78 is 64.8. The summed E-state index contributed by atoms with van der Waals surface area (Å²) in [5.74, 6) is -0.513. The van der Waals surface area contributed by atoms with E-state index >= 15 is 0 Å². The maximum absolute atomic E-state index is 12.8. The van der Waals surface area contributed by atoms with Crippen LogP contribution in [0.25, 0.3) is 11.2 Å². The molecular formula is C19H19F5N8. The average Bonchev–Trinajstić information content (AvgIpc) is 3.30. The molecule has 32 heavy (non-hydrogen) atoms. The third-order valence-corrected chi connectivity index (χ3v) is 5.97. The highest BCUT2D eigenvalue weighted by Crippen LogP contribution is 2.43. The van der Waals surface area contributed by atoms with Crippen LogP contribution in [0.1, 0.15) is 17.9 Å². The monoisotopic (exact) mass is 454 g/mol. The first kappa shape index (κ1) is 20.8. The quantitative estimate of drug-likeness (QED) is 0.561. The lowest BCUT2D eigenvalue weighted by atomic mass is 9.79. The Hall–Kier alpha value is -3.12. The third-order valence-electron chi connectivity index (χ3n) is 5.97. The zero-order chi connectivity index (χ0) is 22.7. The van der Waals surface area contributed by atoms with Crippen molar-refractivity contribution < 1.29 is 22.0 Å². The highest BCUT2D eigenvalue weighted by molar-refractivity contribution is 5.72. The number of fused-ring (bicyclic) bond motifs is 1. The lowest BCUT2D eigenvalue weighted by Crippen LogP contribution is -2.58. The summed E-state index contributed by atoms with van der Waals surface area (Å²) in [6.07, 6.45) is -2.41. The van der Waals surface area contributed by atoms with E-state index in [1.54, 1.807) is 0 Å². The van der Waals surface area contributed by atoms with Gasteiger partial charge in [-0.2, -0.15) is 18.3 Å². The van der Waals surface area contributed by atoms with E-state index in [0.717, 1.165) is 17.6 Å². The van der Waals surface area contributed by atoms with Crippen LogP contribution in [0.4, 0.5) is 33.5 Å². The zero-order valence-electron chi connectivity index (χ0n) is 17.0. The Bertz CT molecular complexity index is 1140. The van der Waals surface area contributed by atoms with Gasteiger partial charge in [0.2, 0.25) is 5.82 Å². The molecule has 5 rings (SSSR count). The van der Waals surface area contributed by atoms with Crippen LogP contribution in [0, 0.1) is 12.3 Å². The summed E-state index contributed by atoms with van der Waals surface area (Å²) in [4.78, 5) is 20.0. The van der Waals surface area contributed by atoms with Crippen LogP contribution in [-0.2, 0) is 12.7 Å². The van der Waals surface area contributed by atoms with E-state index in [-0.39, 0.29) is 5.41 Å². The minimum Gasteiger partial charge on any atom is -0.368 e. The van der Waals surface area contributed by atoms with E-state index < -0.39 is 25.0 Å². The molecule has 0 radical (unpaired) electrons. The Morgan fingerprint density at radius 2 is 1.72 bits per heavy atom. The molecule has 8 nitrogen and oxygen atoms in total. The normalized spacial score (nSPS) is 18.2. The van der Waals surface area contributed by atoms with Crippen LogP contribution < -0.4 is 9.80 Å². The fourth-order valence-corrected chi connectivity index (χ4v) is 4.49. The lowest BCUT2D eigenvalue weighted by molar-refractivity contribution is -0.145. The molecule has 0 N–H and O–H groups in total. The Kier molecular flexibility index (Phi) is 4.67. The van der Waals surface area contributed by atoms with Crippen LogP contribution in [0.3, 0.4) is 0 Å². The number of anilines is 2. The Balaban J connectivity index is 1.30. The third kappa shape index (κ3) is 3.58. The van der Waals surface area contributed by atoms with Gasteiger partial charge in [-0.15, -0.1) is 0 Å². The number of hydrogen-bond donors (Lipinski definition) is 0. The molecule has 0 amide bonds. The molecule has 0 aromatic carbocycles. The summed E-state index contributed by atoms with van der Waals surface area (Å²) in [6, 6.07) is 0. The van der Waals surface area contributed by atoms with Gasteiger partial charge in [0.25, 0.3) is 6.43 Å². The average molecular weight is 454 g/mol. The smallest absolute Gasteiger partial charge is 0.368 e. The Morgan fingerprint density at radius 3 is 2.38 bits per heavy atom. The minimum absolute atomic E-state index is 0.0327. The Labute approximate surface area is 179 Å². The second kappa shape index (κ2) is 7.20. The van der Waals surface area contributed by atoms with E-state index in [2.05, 4.69) is 29.9 Å². The first-order valence-electron chi connectivity index (χ1n) is 10.0. The van der Waals surface area contributed by atoms with Gasteiger partial charge in [0, 0.05) is 31.6 Å². The van der Waals surface area contributed by atoms with E-state index in [1.165, 1.54) is 18.6 Å². The highest BCUT2D eigenvalue weighted by atomic mass is 19.4. The Morgan fingerprint density at radius 1 is 1.03 bits per heavy atom. The second-order valence-electron chi connectivity index (χ2n) is 8.35. The summed E-state index contributed by atoms with van der Waals surface area (Å²) >= 11 is 0. The fourth-order valence-electron chi connectivity index (χ4n) is 4.49. The maximum atomic E-state index is 12.8. The summed E-state index contributed by atoms with van der Waals surface area (Å²) in [5, 5.41) is 3.97. The molecule has 2 aliphatic heterocycles. The van der Waals surface area contributed by atoms with Crippen molar-refractivity contribution in [1.82, 2.24) is 29.7 Å². The van der Waals surface area contributed by atoms with Gasteiger partial charge in [0.1, 0.15) is 12.1 Å². The first-order chi connectivity index (χ1) is 15.1. The number of nitrogens with zero attached hydrogens (tertiary/aromatic N) is 8. The molecule has 0 saturated carbocycles. The van der Waals surface area contributed by atoms with Gasteiger partial charge in [0.05, 0.1) is 30.0 Å². The lowest BCUT2D eigenvalue weighted by Gasteiger charge is -2.49. The van der Waals surface area contributed by atoms with Crippen molar-refractivity contribution in [2.24, 2.45) is 5.41 Å². The molecule has 3 aromatic rings. The van der Waals surface area contributed by atoms with Crippen LogP contribution in [0.5, 0.6) is 0 Å². The van der Waals surface area contributed by atoms with Gasteiger partial charge in [-0.1, -0.05) is 0 Å². The summed E-state index contributed by atoms with van der Waals surface area (Å²) in [6.45, 7) is 4.02. The van der Waals surface area contributed by atoms with E-state index in [1.807, 2.05) is 11.8 Å². The molecule has 0 bridgehead atoms. The molecular weight excluding hydrogens is 435 g/mol. The predicted molar refractivity (Wildman–Crippen MR) is 105 cm³/mol. The molecule has 0 atom stereocenters. The summed E-state index contributed by atoms with van der Waals surface area (Å²) in [7, 11) is 0. The highest BCUT2D eigenvalue weighted by Gasteiger charge is 2.48. The topological polar surface area (TPSA) is 75.9 Å². The number of halogens is 5. The molecule has 0 aliphatic carbocycles. The van der Waals surface area contributed by atoms with Crippen LogP contribution in [0.2, 0.25) is 0 Å². The molecule has 13 heteroatoms. The number of alkyl halides is 5. The van der Waals surface area contributed by atoms with Gasteiger partial charge in [-0.3, -0.25) is 0 Å². The first-order valence-corrected chi connectivity index (χ1v) is 10.0. The van der Waals surface area contributed by atoms with E-state index in [4.69, 9.17) is 0 Å². The second-order valence-corrected chi connectivity index (χ2v) is 8.35. The predicted octanol–water partition coefficient (Wildman–Crippen LogP) is 2.93.